The van der Waals surface area contributed by atoms with Gasteiger partial charge in [0, 0.05) is 0 Å². The predicted molar refractivity (Wildman–Crippen MR) is 23.9 cm³/mol. The maximum Gasteiger partial charge on any atom is 0.287 e. The van der Waals surface area contributed by atoms with Crippen molar-refractivity contribution in [1.82, 2.24) is 0 Å². The Morgan fingerprint density at radius 3 is 1.70 bits per heavy atom. The zero-order chi connectivity index (χ0) is 7.94. The third kappa shape index (κ3) is 0.973. The Labute approximate surface area is 54.0 Å². The topological polar surface area (TPSA) is 0 Å². The van der Waals surface area contributed by atoms with Crippen LogP contribution in [0.1, 0.15) is 0 Å². The van der Waals surface area contributed by atoms with E-state index < -0.39 is 24.4 Å². The molecule has 0 aromatic carbocycles. The first-order valence-electron chi connectivity index (χ1n) is 2.61. The minimum absolute atomic E-state index is 0.248. The number of hydrogen-bond donors (Lipinski definition) is 0. The molecule has 0 saturated heterocycles. The van der Waals surface area contributed by atoms with Crippen LogP contribution in [0, 0.1) is 6.42 Å². The highest BCUT2D eigenvalue weighted by Gasteiger charge is 2.57. The minimum atomic E-state index is -3.95. The molecule has 1 rings (SSSR count). The van der Waals surface area contributed by atoms with Crippen molar-refractivity contribution in [2.75, 3.05) is 0 Å². The average molecular weight is 159 g/mol. The van der Waals surface area contributed by atoms with Crippen LogP contribution in [0.3, 0.4) is 0 Å². The van der Waals surface area contributed by atoms with Crippen LogP contribution in [0.4, 0.5) is 22.0 Å². The summed E-state index contributed by atoms with van der Waals surface area (Å²) in [5, 5.41) is 0. The van der Waals surface area contributed by atoms with Gasteiger partial charge in [-0.05, 0) is 0 Å². The third-order valence-corrected chi connectivity index (χ3v) is 1.33. The quantitative estimate of drug-likeness (QED) is 0.473. The van der Waals surface area contributed by atoms with E-state index in [4.69, 9.17) is 0 Å². The molecule has 0 N–H and O–H groups in total. The van der Waals surface area contributed by atoms with E-state index in [2.05, 4.69) is 0 Å². The van der Waals surface area contributed by atoms with Gasteiger partial charge in [-0.1, -0.05) is 0 Å². The number of hydrogen-bond acceptors (Lipinski definition) is 0. The maximum absolute atomic E-state index is 11.9. The highest BCUT2D eigenvalue weighted by atomic mass is 19.3. The molecule has 5 heteroatoms. The first-order valence-corrected chi connectivity index (χ1v) is 2.61. The number of halogens is 5. The Morgan fingerprint density at radius 1 is 1.10 bits per heavy atom. The monoisotopic (exact) mass is 159 g/mol. The largest absolute Gasteiger partial charge is 0.287 e. The third-order valence-electron chi connectivity index (χ3n) is 1.33. The fraction of sp³-hybridized carbons (Fsp3) is 0.800. The lowest BCUT2D eigenvalue weighted by Crippen LogP contribution is -2.28. The first-order chi connectivity index (χ1) is 4.45. The summed E-state index contributed by atoms with van der Waals surface area (Å²) < 4.78 is 59.7. The van der Waals surface area contributed by atoms with Crippen molar-refractivity contribution in [2.45, 2.75) is 24.4 Å². The van der Waals surface area contributed by atoms with E-state index in [0.717, 1.165) is 0 Å². The maximum atomic E-state index is 11.9. The summed E-state index contributed by atoms with van der Waals surface area (Å²) in [5.74, 6) is -3.95. The SMILES string of the molecule is FC1[CH]C(F)(F)C(F)C1F. The summed E-state index contributed by atoms with van der Waals surface area (Å²) in [6.45, 7) is 0. The van der Waals surface area contributed by atoms with Crippen LogP contribution in [0.5, 0.6) is 0 Å². The van der Waals surface area contributed by atoms with Crippen molar-refractivity contribution in [2.24, 2.45) is 0 Å². The van der Waals surface area contributed by atoms with Gasteiger partial charge in [-0.15, -0.1) is 0 Å². The van der Waals surface area contributed by atoms with E-state index in [1.807, 2.05) is 0 Å². The van der Waals surface area contributed by atoms with Crippen molar-refractivity contribution in [3.63, 3.8) is 0 Å². The second kappa shape index (κ2) is 2.07. The molecule has 1 fully saturated rings. The van der Waals surface area contributed by atoms with E-state index in [1.54, 1.807) is 0 Å². The van der Waals surface area contributed by atoms with Gasteiger partial charge in [-0.25, -0.2) is 22.0 Å². The summed E-state index contributed by atoms with van der Waals surface area (Å²) in [6, 6.07) is 0. The summed E-state index contributed by atoms with van der Waals surface area (Å²) in [7, 11) is 0. The van der Waals surface area contributed by atoms with E-state index in [1.165, 1.54) is 0 Å². The molecule has 0 heterocycles. The summed E-state index contributed by atoms with van der Waals surface area (Å²) >= 11 is 0. The lowest BCUT2D eigenvalue weighted by molar-refractivity contribution is -0.0415. The smallest absolute Gasteiger partial charge is 0.244 e. The molecule has 10 heavy (non-hydrogen) atoms. The van der Waals surface area contributed by atoms with Gasteiger partial charge in [0.2, 0.25) is 0 Å². The van der Waals surface area contributed by atoms with E-state index in [-0.39, 0.29) is 6.42 Å². The van der Waals surface area contributed by atoms with Crippen LogP contribution in [-0.2, 0) is 0 Å². The molecule has 3 unspecified atom stereocenters. The van der Waals surface area contributed by atoms with Gasteiger partial charge in [0.15, 0.2) is 12.3 Å². The molecular formula is C5H4F5. The molecule has 1 radical (unpaired) electrons. The molecule has 1 aliphatic carbocycles. The Hall–Kier alpha value is -0.350. The van der Waals surface area contributed by atoms with Gasteiger partial charge >= 0.3 is 0 Å². The average Bonchev–Trinajstić information content (AvgIpc) is 1.95. The van der Waals surface area contributed by atoms with Gasteiger partial charge in [-0.2, -0.15) is 0 Å². The molecule has 1 aliphatic rings. The van der Waals surface area contributed by atoms with Crippen LogP contribution in [-0.4, -0.2) is 24.4 Å². The van der Waals surface area contributed by atoms with Crippen LogP contribution in [0.15, 0.2) is 0 Å². The molecule has 0 aromatic rings. The molecule has 0 bridgehead atoms. The predicted octanol–water partition coefficient (Wildman–Crippen LogP) is 1.85. The van der Waals surface area contributed by atoms with E-state index >= 15 is 0 Å². The fourth-order valence-electron chi connectivity index (χ4n) is 0.770. The van der Waals surface area contributed by atoms with Crippen LogP contribution in [0.25, 0.3) is 0 Å². The number of alkyl halides is 5. The van der Waals surface area contributed by atoms with Crippen molar-refractivity contribution in [3.05, 3.63) is 6.42 Å². The van der Waals surface area contributed by atoms with Gasteiger partial charge in [0.25, 0.3) is 5.92 Å². The zero-order valence-electron chi connectivity index (χ0n) is 4.70. The highest BCUT2D eigenvalue weighted by Crippen LogP contribution is 2.39. The van der Waals surface area contributed by atoms with Crippen LogP contribution >= 0.6 is 0 Å². The van der Waals surface area contributed by atoms with Gasteiger partial charge in [0.1, 0.15) is 6.17 Å². The Kier molecular flexibility index (Phi) is 1.60. The molecule has 0 spiro atoms. The second-order valence-electron chi connectivity index (χ2n) is 2.13. The standard InChI is InChI=1S/C5H4F5/c6-2-1-5(9,10)4(8)3(2)7/h1-4H. The fourth-order valence-corrected chi connectivity index (χ4v) is 0.770. The Balaban J connectivity index is 2.71. The lowest BCUT2D eigenvalue weighted by atomic mass is 10.3. The summed E-state index contributed by atoms with van der Waals surface area (Å²) in [5.41, 5.74) is 0. The van der Waals surface area contributed by atoms with Crippen LogP contribution in [0.2, 0.25) is 0 Å². The van der Waals surface area contributed by atoms with E-state index in [0.29, 0.717) is 0 Å². The molecule has 1 saturated carbocycles. The van der Waals surface area contributed by atoms with Gasteiger partial charge < -0.3 is 0 Å². The lowest BCUT2D eigenvalue weighted by Gasteiger charge is -2.09. The van der Waals surface area contributed by atoms with Crippen molar-refractivity contribution >= 4 is 0 Å². The molecular weight excluding hydrogens is 155 g/mol. The van der Waals surface area contributed by atoms with Crippen molar-refractivity contribution < 1.29 is 22.0 Å². The minimum Gasteiger partial charge on any atom is -0.244 e. The van der Waals surface area contributed by atoms with Crippen LogP contribution < -0.4 is 0 Å². The number of rotatable bonds is 0. The zero-order valence-corrected chi connectivity index (χ0v) is 4.70. The summed E-state index contributed by atoms with van der Waals surface area (Å²) in [4.78, 5) is 0. The molecule has 0 nitrogen and oxygen atoms in total. The van der Waals surface area contributed by atoms with E-state index in [9.17, 15) is 22.0 Å². The molecule has 0 amide bonds. The van der Waals surface area contributed by atoms with Gasteiger partial charge in [-0.3, -0.25) is 0 Å². The summed E-state index contributed by atoms with van der Waals surface area (Å²) in [6.07, 6.45) is -8.47. The van der Waals surface area contributed by atoms with Crippen molar-refractivity contribution in [1.29, 1.82) is 0 Å². The Morgan fingerprint density at radius 2 is 1.60 bits per heavy atom. The first kappa shape index (κ1) is 7.75. The molecule has 0 aliphatic heterocycles. The van der Waals surface area contributed by atoms with Gasteiger partial charge in [0.05, 0.1) is 6.42 Å². The Bertz CT molecular complexity index is 134. The van der Waals surface area contributed by atoms with Crippen molar-refractivity contribution in [3.8, 4) is 0 Å². The molecule has 3 atom stereocenters. The molecule has 0 aromatic heterocycles. The normalized spacial score (nSPS) is 45.9. The highest BCUT2D eigenvalue weighted by molar-refractivity contribution is 5.10. The molecule has 59 valence electrons. The second-order valence-corrected chi connectivity index (χ2v) is 2.13.